The van der Waals surface area contributed by atoms with Gasteiger partial charge in [-0.05, 0) is 82.9 Å². The normalized spacial score (nSPS) is 11.8. The highest BCUT2D eigenvalue weighted by Gasteiger charge is 2.26. The number of hydrogen-bond donors (Lipinski definition) is 2. The predicted octanol–water partition coefficient (Wildman–Crippen LogP) is 6.78. The fraction of sp³-hybridized carbons (Fsp3) is 0.294. The van der Waals surface area contributed by atoms with Crippen LogP contribution < -0.4 is 10.6 Å². The van der Waals surface area contributed by atoms with Gasteiger partial charge in [0, 0.05) is 11.3 Å². The number of nitrogens with one attached hydrogen (secondary N) is 2. The van der Waals surface area contributed by atoms with Crippen molar-refractivity contribution in [2.24, 2.45) is 0 Å². The third kappa shape index (κ3) is 8.88. The van der Waals surface area contributed by atoms with Gasteiger partial charge in [-0.1, -0.05) is 54.6 Å². The van der Waals surface area contributed by atoms with Crippen LogP contribution in [0.15, 0.2) is 83.9 Å². The third-order valence-electron chi connectivity index (χ3n) is 6.80. The molecule has 4 aromatic rings. The van der Waals surface area contributed by atoms with Gasteiger partial charge in [-0.3, -0.25) is 4.18 Å². The van der Waals surface area contributed by atoms with E-state index in [1.807, 2.05) is 83.1 Å². The quantitative estimate of drug-likeness (QED) is 0.182. The van der Waals surface area contributed by atoms with E-state index in [1.54, 1.807) is 25.1 Å². The Kier molecular flexibility index (Phi) is 9.91. The van der Waals surface area contributed by atoms with Crippen LogP contribution in [0.4, 0.5) is 16.4 Å². The summed E-state index contributed by atoms with van der Waals surface area (Å²) in [6, 6.07) is 23.7. The van der Waals surface area contributed by atoms with Crippen molar-refractivity contribution in [2.45, 2.75) is 64.0 Å². The third-order valence-corrected chi connectivity index (χ3v) is 8.28. The fourth-order valence-corrected chi connectivity index (χ4v) is 5.61. The van der Waals surface area contributed by atoms with Crippen LogP contribution in [-0.4, -0.2) is 36.7 Å². The fourth-order valence-electron chi connectivity index (χ4n) is 4.47. The Morgan fingerprint density at radius 1 is 0.956 bits per heavy atom. The second kappa shape index (κ2) is 13.5. The van der Waals surface area contributed by atoms with E-state index < -0.39 is 27.4 Å². The van der Waals surface area contributed by atoms with E-state index in [0.717, 1.165) is 11.1 Å². The van der Waals surface area contributed by atoms with Gasteiger partial charge < -0.3 is 15.4 Å². The highest BCUT2D eigenvalue weighted by Crippen LogP contribution is 2.28. The van der Waals surface area contributed by atoms with E-state index in [1.165, 1.54) is 12.3 Å². The molecule has 0 saturated carbocycles. The van der Waals surface area contributed by atoms with Crippen LogP contribution in [0.5, 0.6) is 0 Å². The van der Waals surface area contributed by atoms with Gasteiger partial charge >= 0.3 is 6.09 Å². The molecule has 11 heteroatoms. The summed E-state index contributed by atoms with van der Waals surface area (Å²) in [4.78, 5) is 21.4. The standard InChI is InChI=1S/C34H37N5O5S/c1-23-9-7-8-10-29(23)45(41,42)43-20-19-24-11-17-28(18-12-24)37-31-36-22-26(21-35)30(38-31)25-13-15-27(16-14-25)34(5,6)39-32(40)44-33(2,3)4/h7-18,22H,19-20H2,1-6H3,(H,39,40)(H,36,37,38). The number of anilines is 2. The number of carbonyl (C=O) groups is 1. The summed E-state index contributed by atoms with van der Waals surface area (Å²) >= 11 is 0. The Bertz CT molecular complexity index is 1810. The first-order valence-electron chi connectivity index (χ1n) is 14.4. The van der Waals surface area contributed by atoms with Crippen LogP contribution in [0.2, 0.25) is 0 Å². The van der Waals surface area contributed by atoms with Crippen molar-refractivity contribution in [3.63, 3.8) is 0 Å². The molecule has 0 spiro atoms. The molecule has 45 heavy (non-hydrogen) atoms. The number of benzene rings is 3. The van der Waals surface area contributed by atoms with Crippen molar-refractivity contribution in [3.05, 3.63) is 101 Å². The minimum atomic E-state index is -3.84. The molecule has 1 heterocycles. The van der Waals surface area contributed by atoms with Crippen molar-refractivity contribution in [1.29, 1.82) is 5.26 Å². The molecule has 0 aliphatic heterocycles. The Morgan fingerprint density at radius 3 is 2.24 bits per heavy atom. The Labute approximate surface area is 264 Å². The first-order valence-corrected chi connectivity index (χ1v) is 15.8. The number of ether oxygens (including phenoxy) is 1. The van der Waals surface area contributed by atoms with Gasteiger partial charge in [0.15, 0.2) is 0 Å². The molecule has 0 atom stereocenters. The smallest absolute Gasteiger partial charge is 0.408 e. The van der Waals surface area contributed by atoms with E-state index in [2.05, 4.69) is 26.7 Å². The van der Waals surface area contributed by atoms with E-state index in [9.17, 15) is 18.5 Å². The molecule has 0 aliphatic carbocycles. The van der Waals surface area contributed by atoms with Crippen molar-refractivity contribution in [1.82, 2.24) is 15.3 Å². The van der Waals surface area contributed by atoms with Crippen LogP contribution in [0.3, 0.4) is 0 Å². The lowest BCUT2D eigenvalue weighted by molar-refractivity contribution is 0.0470. The van der Waals surface area contributed by atoms with Gasteiger partial charge in [0.05, 0.1) is 34.5 Å². The van der Waals surface area contributed by atoms with E-state index in [0.29, 0.717) is 40.4 Å². The van der Waals surface area contributed by atoms with Crippen LogP contribution in [0, 0.1) is 18.3 Å². The molecule has 0 bridgehead atoms. The van der Waals surface area contributed by atoms with Gasteiger partial charge in [0.25, 0.3) is 10.1 Å². The van der Waals surface area contributed by atoms with Crippen LogP contribution >= 0.6 is 0 Å². The molecule has 3 aromatic carbocycles. The van der Waals surface area contributed by atoms with Gasteiger partial charge in [-0.15, -0.1) is 0 Å². The molecule has 0 fully saturated rings. The van der Waals surface area contributed by atoms with Crippen molar-refractivity contribution in [3.8, 4) is 17.3 Å². The molecule has 2 N–H and O–H groups in total. The number of nitrogens with zero attached hydrogens (tertiary/aromatic N) is 3. The topological polar surface area (TPSA) is 143 Å². The van der Waals surface area contributed by atoms with E-state index in [4.69, 9.17) is 8.92 Å². The second-order valence-corrected chi connectivity index (χ2v) is 13.6. The average Bonchev–Trinajstić information content (AvgIpc) is 2.97. The minimum absolute atomic E-state index is 0.0125. The highest BCUT2D eigenvalue weighted by molar-refractivity contribution is 7.86. The summed E-state index contributed by atoms with van der Waals surface area (Å²) in [7, 11) is -3.84. The van der Waals surface area contributed by atoms with Crippen molar-refractivity contribution >= 4 is 27.8 Å². The largest absolute Gasteiger partial charge is 0.444 e. The Balaban J connectivity index is 1.41. The molecule has 1 amide bonds. The number of alkyl carbamates (subject to hydrolysis) is 1. The lowest BCUT2D eigenvalue weighted by atomic mass is 9.93. The minimum Gasteiger partial charge on any atom is -0.444 e. The molecule has 4 rings (SSSR count). The van der Waals surface area contributed by atoms with Gasteiger partial charge in [0.2, 0.25) is 5.95 Å². The Morgan fingerprint density at radius 2 is 1.62 bits per heavy atom. The number of rotatable bonds is 10. The molecule has 234 valence electrons. The molecule has 0 unspecified atom stereocenters. The van der Waals surface area contributed by atoms with Gasteiger partial charge in [-0.25, -0.2) is 14.8 Å². The summed E-state index contributed by atoms with van der Waals surface area (Å²) < 4.78 is 35.7. The average molecular weight is 628 g/mol. The lowest BCUT2D eigenvalue weighted by Crippen LogP contribution is -2.43. The van der Waals surface area contributed by atoms with Crippen LogP contribution in [0.1, 0.15) is 56.9 Å². The Hall–Kier alpha value is -4.79. The lowest BCUT2D eigenvalue weighted by Gasteiger charge is -2.29. The highest BCUT2D eigenvalue weighted by atomic mass is 32.2. The first-order chi connectivity index (χ1) is 21.2. The summed E-state index contributed by atoms with van der Waals surface area (Å²) in [6.07, 6.45) is 1.36. The molecule has 1 aromatic heterocycles. The number of amides is 1. The molecule has 10 nitrogen and oxygen atoms in total. The van der Waals surface area contributed by atoms with E-state index in [-0.39, 0.29) is 11.5 Å². The van der Waals surface area contributed by atoms with Crippen molar-refractivity contribution in [2.75, 3.05) is 11.9 Å². The maximum absolute atomic E-state index is 12.5. The molecule has 0 radical (unpaired) electrons. The SMILES string of the molecule is Cc1ccccc1S(=O)(=O)OCCc1ccc(Nc2ncc(C#N)c(-c3ccc(C(C)(C)NC(=O)OC(C)(C)C)cc3)n2)cc1. The molecule has 0 saturated heterocycles. The molecular formula is C34H37N5O5S. The maximum Gasteiger partial charge on any atom is 0.408 e. The molecule has 0 aliphatic rings. The number of nitriles is 1. The number of hydrogen-bond acceptors (Lipinski definition) is 9. The summed E-state index contributed by atoms with van der Waals surface area (Å²) in [5, 5.41) is 15.8. The number of carbonyl (C=O) groups excluding carboxylic acids is 1. The second-order valence-electron chi connectivity index (χ2n) is 12.0. The van der Waals surface area contributed by atoms with Crippen LogP contribution in [0.25, 0.3) is 11.3 Å². The van der Waals surface area contributed by atoms with Crippen LogP contribution in [-0.2, 0) is 31.0 Å². The monoisotopic (exact) mass is 627 g/mol. The predicted molar refractivity (Wildman–Crippen MR) is 172 cm³/mol. The van der Waals surface area contributed by atoms with Gasteiger partial charge in [-0.2, -0.15) is 13.7 Å². The van der Waals surface area contributed by atoms with E-state index >= 15 is 0 Å². The zero-order chi connectivity index (χ0) is 32.8. The maximum atomic E-state index is 12.5. The summed E-state index contributed by atoms with van der Waals surface area (Å²) in [5.41, 5.74) is 3.27. The van der Waals surface area contributed by atoms with Gasteiger partial charge in [0.1, 0.15) is 11.7 Å². The number of aryl methyl sites for hydroxylation is 1. The number of aromatic nitrogens is 2. The zero-order valence-corrected chi connectivity index (χ0v) is 27.0. The summed E-state index contributed by atoms with van der Waals surface area (Å²) in [6.45, 7) is 10.9. The summed E-state index contributed by atoms with van der Waals surface area (Å²) in [5.74, 6) is 0.306. The van der Waals surface area contributed by atoms with Crippen molar-refractivity contribution < 1.29 is 22.1 Å². The first kappa shape index (κ1) is 33.1. The molecular weight excluding hydrogens is 590 g/mol. The zero-order valence-electron chi connectivity index (χ0n) is 26.2.